The zero-order valence-corrected chi connectivity index (χ0v) is 17.1. The first kappa shape index (κ1) is 19.6. The SMILES string of the molecule is COc1ccc(C)cc1CC(=O)N[C@H]1CCCN(c2ncc3c(n2)CCOC3)C1. The van der Waals surface area contributed by atoms with Gasteiger partial charge in [-0.15, -0.1) is 0 Å². The second kappa shape index (κ2) is 8.78. The highest BCUT2D eigenvalue weighted by Crippen LogP contribution is 2.22. The van der Waals surface area contributed by atoms with Crippen molar-refractivity contribution >= 4 is 11.9 Å². The summed E-state index contributed by atoms with van der Waals surface area (Å²) in [6, 6.07) is 6.01. The van der Waals surface area contributed by atoms with Gasteiger partial charge in [0.1, 0.15) is 5.75 Å². The fourth-order valence-corrected chi connectivity index (χ4v) is 4.05. The monoisotopic (exact) mass is 396 g/mol. The summed E-state index contributed by atoms with van der Waals surface area (Å²) in [4.78, 5) is 24.1. The lowest BCUT2D eigenvalue weighted by Gasteiger charge is -2.33. The number of hydrogen-bond acceptors (Lipinski definition) is 6. The lowest BCUT2D eigenvalue weighted by Crippen LogP contribution is -2.48. The van der Waals surface area contributed by atoms with Crippen molar-refractivity contribution < 1.29 is 14.3 Å². The summed E-state index contributed by atoms with van der Waals surface area (Å²) in [5.41, 5.74) is 4.19. The van der Waals surface area contributed by atoms with E-state index in [1.54, 1.807) is 7.11 Å². The molecule has 1 aromatic carbocycles. The minimum atomic E-state index is 0.0178. The van der Waals surface area contributed by atoms with Gasteiger partial charge in [0, 0.05) is 42.9 Å². The van der Waals surface area contributed by atoms with Gasteiger partial charge in [-0.05, 0) is 25.8 Å². The standard InChI is InChI=1S/C22H28N4O3/c1-15-5-6-20(28-2)16(10-15)11-21(27)24-18-4-3-8-26(13-18)22-23-12-17-14-29-9-7-19(17)25-22/h5-6,10,12,18H,3-4,7-9,11,13-14H2,1-2H3,(H,24,27)/t18-/m0/s1. The van der Waals surface area contributed by atoms with Crippen molar-refractivity contribution in [3.8, 4) is 5.75 Å². The number of methoxy groups -OCH3 is 1. The molecule has 1 N–H and O–H groups in total. The van der Waals surface area contributed by atoms with Crippen LogP contribution in [0.5, 0.6) is 5.75 Å². The summed E-state index contributed by atoms with van der Waals surface area (Å²) in [6.45, 7) is 4.96. The average molecular weight is 396 g/mol. The Kier molecular flexibility index (Phi) is 5.94. The number of carbonyl (C=O) groups excluding carboxylic acids is 1. The number of amides is 1. The number of anilines is 1. The van der Waals surface area contributed by atoms with E-state index >= 15 is 0 Å². The predicted octanol–water partition coefficient (Wildman–Crippen LogP) is 2.19. The van der Waals surface area contributed by atoms with Crippen molar-refractivity contribution in [2.24, 2.45) is 0 Å². The maximum Gasteiger partial charge on any atom is 0.225 e. The molecule has 1 fully saturated rings. The van der Waals surface area contributed by atoms with Crippen molar-refractivity contribution in [1.82, 2.24) is 15.3 Å². The van der Waals surface area contributed by atoms with Crippen LogP contribution in [0.25, 0.3) is 0 Å². The fraction of sp³-hybridized carbons (Fsp3) is 0.500. The molecule has 0 spiro atoms. The van der Waals surface area contributed by atoms with Crippen LogP contribution in [0.15, 0.2) is 24.4 Å². The van der Waals surface area contributed by atoms with Crippen LogP contribution in [-0.4, -0.2) is 48.7 Å². The minimum Gasteiger partial charge on any atom is -0.496 e. The van der Waals surface area contributed by atoms with E-state index in [2.05, 4.69) is 15.2 Å². The number of nitrogens with one attached hydrogen (secondary N) is 1. The molecule has 7 heteroatoms. The molecule has 0 radical (unpaired) electrons. The number of aromatic nitrogens is 2. The molecular formula is C22H28N4O3. The van der Waals surface area contributed by atoms with Crippen molar-refractivity contribution in [3.63, 3.8) is 0 Å². The van der Waals surface area contributed by atoms with Crippen LogP contribution in [0, 0.1) is 6.92 Å². The number of piperidine rings is 1. The molecule has 1 saturated heterocycles. The quantitative estimate of drug-likeness (QED) is 0.835. The number of rotatable bonds is 5. The lowest BCUT2D eigenvalue weighted by atomic mass is 10.0. The first-order valence-corrected chi connectivity index (χ1v) is 10.2. The lowest BCUT2D eigenvalue weighted by molar-refractivity contribution is -0.121. The van der Waals surface area contributed by atoms with Gasteiger partial charge < -0.3 is 19.7 Å². The number of carbonyl (C=O) groups is 1. The van der Waals surface area contributed by atoms with Gasteiger partial charge in [0.15, 0.2) is 0 Å². The van der Waals surface area contributed by atoms with E-state index in [1.165, 1.54) is 0 Å². The highest BCUT2D eigenvalue weighted by molar-refractivity contribution is 5.79. The molecule has 29 heavy (non-hydrogen) atoms. The second-order valence-electron chi connectivity index (χ2n) is 7.79. The Morgan fingerprint density at radius 1 is 1.41 bits per heavy atom. The number of hydrogen-bond donors (Lipinski definition) is 1. The van der Waals surface area contributed by atoms with Crippen molar-refractivity contribution in [2.45, 2.75) is 45.3 Å². The normalized spacial score (nSPS) is 18.8. The van der Waals surface area contributed by atoms with Crippen LogP contribution in [0.2, 0.25) is 0 Å². The van der Waals surface area contributed by atoms with Crippen LogP contribution in [0.3, 0.4) is 0 Å². The molecule has 1 amide bonds. The first-order valence-electron chi connectivity index (χ1n) is 10.2. The zero-order valence-electron chi connectivity index (χ0n) is 17.1. The number of benzene rings is 1. The van der Waals surface area contributed by atoms with Gasteiger partial charge in [-0.1, -0.05) is 17.7 Å². The number of ether oxygens (including phenoxy) is 2. The summed E-state index contributed by atoms with van der Waals surface area (Å²) in [5.74, 6) is 1.52. The Labute approximate surface area is 171 Å². The summed E-state index contributed by atoms with van der Waals surface area (Å²) in [7, 11) is 1.63. The van der Waals surface area contributed by atoms with Gasteiger partial charge in [0.2, 0.25) is 11.9 Å². The Morgan fingerprint density at radius 3 is 3.17 bits per heavy atom. The zero-order chi connectivity index (χ0) is 20.2. The van der Waals surface area contributed by atoms with Crippen molar-refractivity contribution in [1.29, 1.82) is 0 Å². The van der Waals surface area contributed by atoms with E-state index in [1.807, 2.05) is 31.3 Å². The van der Waals surface area contributed by atoms with E-state index in [0.29, 0.717) is 19.6 Å². The van der Waals surface area contributed by atoms with Gasteiger partial charge >= 0.3 is 0 Å². The molecule has 1 aromatic heterocycles. The van der Waals surface area contributed by atoms with Gasteiger partial charge in [0.25, 0.3) is 0 Å². The third-order valence-corrected chi connectivity index (χ3v) is 5.54. The van der Waals surface area contributed by atoms with Crippen LogP contribution in [-0.2, 0) is 29.0 Å². The third kappa shape index (κ3) is 4.67. The highest BCUT2D eigenvalue weighted by atomic mass is 16.5. The fourth-order valence-electron chi connectivity index (χ4n) is 4.05. The molecule has 7 nitrogen and oxygen atoms in total. The van der Waals surface area contributed by atoms with Gasteiger partial charge in [-0.3, -0.25) is 4.79 Å². The molecular weight excluding hydrogens is 368 g/mol. The molecule has 4 rings (SSSR count). The number of fused-ring (bicyclic) bond motifs is 1. The smallest absolute Gasteiger partial charge is 0.225 e. The Morgan fingerprint density at radius 2 is 2.31 bits per heavy atom. The Balaban J connectivity index is 1.39. The minimum absolute atomic E-state index is 0.0178. The molecule has 154 valence electrons. The first-order chi connectivity index (χ1) is 14.1. The topological polar surface area (TPSA) is 76.6 Å². The van der Waals surface area contributed by atoms with Gasteiger partial charge in [0.05, 0.1) is 32.4 Å². The van der Waals surface area contributed by atoms with Crippen molar-refractivity contribution in [2.75, 3.05) is 31.7 Å². The van der Waals surface area contributed by atoms with Gasteiger partial charge in [-0.2, -0.15) is 0 Å². The van der Waals surface area contributed by atoms with Crippen LogP contribution >= 0.6 is 0 Å². The van der Waals surface area contributed by atoms with E-state index in [9.17, 15) is 4.79 Å². The summed E-state index contributed by atoms with van der Waals surface area (Å²) in [6.07, 6.45) is 4.99. The predicted molar refractivity (Wildman–Crippen MR) is 110 cm³/mol. The van der Waals surface area contributed by atoms with E-state index in [0.717, 1.165) is 66.4 Å². The maximum atomic E-state index is 12.7. The van der Waals surface area contributed by atoms with Crippen LogP contribution < -0.4 is 15.0 Å². The molecule has 0 saturated carbocycles. The number of aryl methyl sites for hydroxylation is 1. The Hall–Kier alpha value is -2.67. The van der Waals surface area contributed by atoms with E-state index in [4.69, 9.17) is 14.5 Å². The summed E-state index contributed by atoms with van der Waals surface area (Å²) < 4.78 is 10.9. The average Bonchev–Trinajstić information content (AvgIpc) is 2.73. The molecule has 0 unspecified atom stereocenters. The van der Waals surface area contributed by atoms with E-state index in [-0.39, 0.29) is 11.9 Å². The second-order valence-corrected chi connectivity index (χ2v) is 7.79. The van der Waals surface area contributed by atoms with Crippen molar-refractivity contribution in [3.05, 3.63) is 46.8 Å². The molecule has 2 aromatic rings. The maximum absolute atomic E-state index is 12.7. The molecule has 0 aliphatic carbocycles. The van der Waals surface area contributed by atoms with E-state index < -0.39 is 0 Å². The summed E-state index contributed by atoms with van der Waals surface area (Å²) >= 11 is 0. The molecule has 1 atom stereocenters. The molecule has 2 aliphatic heterocycles. The molecule has 2 aliphatic rings. The Bertz CT molecular complexity index is 886. The van der Waals surface area contributed by atoms with Crippen LogP contribution in [0.4, 0.5) is 5.95 Å². The highest BCUT2D eigenvalue weighted by Gasteiger charge is 2.24. The van der Waals surface area contributed by atoms with Crippen LogP contribution in [0.1, 0.15) is 35.2 Å². The largest absolute Gasteiger partial charge is 0.496 e. The van der Waals surface area contributed by atoms with Gasteiger partial charge in [-0.25, -0.2) is 9.97 Å². The molecule has 3 heterocycles. The molecule has 0 bridgehead atoms. The summed E-state index contributed by atoms with van der Waals surface area (Å²) in [5, 5.41) is 3.19. The number of nitrogens with zero attached hydrogens (tertiary/aromatic N) is 3. The third-order valence-electron chi connectivity index (χ3n) is 5.54.